The predicted octanol–water partition coefficient (Wildman–Crippen LogP) is 2.03. The zero-order valence-electron chi connectivity index (χ0n) is 9.66. The first-order valence-corrected chi connectivity index (χ1v) is 6.92. The molecule has 0 amide bonds. The van der Waals surface area contributed by atoms with Gasteiger partial charge in [0.05, 0.1) is 10.7 Å². The van der Waals surface area contributed by atoms with Crippen molar-refractivity contribution in [2.75, 3.05) is 26.3 Å². The van der Waals surface area contributed by atoms with Crippen LogP contribution in [0.5, 0.6) is 0 Å². The molecule has 0 aliphatic carbocycles. The lowest BCUT2D eigenvalue weighted by molar-refractivity contribution is 0.0844. The van der Waals surface area contributed by atoms with Gasteiger partial charge in [0.2, 0.25) is 0 Å². The molecule has 0 atom stereocenters. The van der Waals surface area contributed by atoms with Crippen molar-refractivity contribution >= 4 is 11.3 Å². The van der Waals surface area contributed by atoms with Gasteiger partial charge in [0.1, 0.15) is 0 Å². The van der Waals surface area contributed by atoms with Crippen LogP contribution < -0.4 is 5.32 Å². The van der Waals surface area contributed by atoms with Crippen molar-refractivity contribution in [3.05, 3.63) is 15.6 Å². The molecule has 88 valence electrons. The van der Waals surface area contributed by atoms with Crippen LogP contribution in [0.3, 0.4) is 0 Å². The molecule has 0 spiro atoms. The molecule has 2 saturated heterocycles. The van der Waals surface area contributed by atoms with Gasteiger partial charge in [-0.25, -0.2) is 4.98 Å². The second kappa shape index (κ2) is 4.43. The SMILES string of the molecule is Cc1sc(C2CNC2)nc1C1CCOCC1. The van der Waals surface area contributed by atoms with E-state index in [1.54, 1.807) is 0 Å². The Kier molecular flexibility index (Phi) is 2.96. The summed E-state index contributed by atoms with van der Waals surface area (Å²) in [5, 5.41) is 4.66. The smallest absolute Gasteiger partial charge is 0.0987 e. The summed E-state index contributed by atoms with van der Waals surface area (Å²) in [6.45, 7) is 6.25. The Morgan fingerprint density at radius 1 is 1.25 bits per heavy atom. The van der Waals surface area contributed by atoms with Crippen LogP contribution in [-0.4, -0.2) is 31.3 Å². The van der Waals surface area contributed by atoms with E-state index in [9.17, 15) is 0 Å². The maximum absolute atomic E-state index is 5.41. The van der Waals surface area contributed by atoms with Crippen LogP contribution in [0.1, 0.15) is 40.3 Å². The van der Waals surface area contributed by atoms with Gasteiger partial charge in [-0.1, -0.05) is 0 Å². The summed E-state index contributed by atoms with van der Waals surface area (Å²) in [5.41, 5.74) is 1.36. The molecule has 0 unspecified atom stereocenters. The number of hydrogen-bond donors (Lipinski definition) is 1. The molecule has 0 saturated carbocycles. The van der Waals surface area contributed by atoms with Gasteiger partial charge in [-0.3, -0.25) is 0 Å². The van der Waals surface area contributed by atoms with E-state index in [0.29, 0.717) is 11.8 Å². The highest BCUT2D eigenvalue weighted by Gasteiger charge is 2.26. The van der Waals surface area contributed by atoms with Gasteiger partial charge in [0.15, 0.2) is 0 Å². The molecule has 0 bridgehead atoms. The number of hydrogen-bond acceptors (Lipinski definition) is 4. The van der Waals surface area contributed by atoms with E-state index in [0.717, 1.165) is 39.1 Å². The Balaban J connectivity index is 1.79. The minimum absolute atomic E-state index is 0.645. The summed E-state index contributed by atoms with van der Waals surface area (Å²) in [6, 6.07) is 0. The molecule has 0 radical (unpaired) electrons. The summed E-state index contributed by atoms with van der Waals surface area (Å²) in [6.07, 6.45) is 2.29. The van der Waals surface area contributed by atoms with Gasteiger partial charge in [-0.05, 0) is 19.8 Å². The standard InChI is InChI=1S/C12H18N2OS/c1-8-11(9-2-4-15-5-3-9)14-12(16-8)10-6-13-7-10/h9-10,13H,2-7H2,1H3. The fraction of sp³-hybridized carbons (Fsp3) is 0.750. The summed E-state index contributed by atoms with van der Waals surface area (Å²) in [5.74, 6) is 1.32. The van der Waals surface area contributed by atoms with Crippen LogP contribution >= 0.6 is 11.3 Å². The number of ether oxygens (including phenoxy) is 1. The topological polar surface area (TPSA) is 34.2 Å². The largest absolute Gasteiger partial charge is 0.381 e. The number of nitrogens with one attached hydrogen (secondary N) is 1. The Morgan fingerprint density at radius 3 is 2.62 bits per heavy atom. The van der Waals surface area contributed by atoms with Crippen molar-refractivity contribution in [3.8, 4) is 0 Å². The Morgan fingerprint density at radius 2 is 2.00 bits per heavy atom. The Hall–Kier alpha value is -0.450. The summed E-state index contributed by atoms with van der Waals surface area (Å²) < 4.78 is 5.41. The third kappa shape index (κ3) is 1.90. The van der Waals surface area contributed by atoms with E-state index in [1.807, 2.05) is 11.3 Å². The minimum Gasteiger partial charge on any atom is -0.381 e. The van der Waals surface area contributed by atoms with Crippen molar-refractivity contribution in [2.24, 2.45) is 0 Å². The molecule has 16 heavy (non-hydrogen) atoms. The zero-order chi connectivity index (χ0) is 11.0. The molecule has 0 aromatic carbocycles. The van der Waals surface area contributed by atoms with Gasteiger partial charge in [-0.15, -0.1) is 11.3 Å². The van der Waals surface area contributed by atoms with Gasteiger partial charge >= 0.3 is 0 Å². The molecule has 1 N–H and O–H groups in total. The number of nitrogens with zero attached hydrogens (tertiary/aromatic N) is 1. The third-order valence-corrected chi connectivity index (χ3v) is 4.74. The van der Waals surface area contributed by atoms with Crippen LogP contribution in [-0.2, 0) is 4.74 Å². The first kappa shape index (κ1) is 10.7. The van der Waals surface area contributed by atoms with E-state index in [1.165, 1.54) is 15.6 Å². The van der Waals surface area contributed by atoms with E-state index in [-0.39, 0.29) is 0 Å². The molecule has 3 rings (SSSR count). The Bertz CT molecular complexity index is 367. The van der Waals surface area contributed by atoms with Crippen molar-refractivity contribution in [2.45, 2.75) is 31.6 Å². The highest BCUT2D eigenvalue weighted by molar-refractivity contribution is 7.11. The van der Waals surface area contributed by atoms with Gasteiger partial charge in [0.25, 0.3) is 0 Å². The molecular weight excluding hydrogens is 220 g/mol. The second-order valence-electron chi connectivity index (χ2n) is 4.74. The van der Waals surface area contributed by atoms with E-state index >= 15 is 0 Å². The molecule has 1 aromatic heterocycles. The predicted molar refractivity (Wildman–Crippen MR) is 65.3 cm³/mol. The molecular formula is C12H18N2OS. The van der Waals surface area contributed by atoms with E-state index in [2.05, 4.69) is 12.2 Å². The minimum atomic E-state index is 0.645. The van der Waals surface area contributed by atoms with Crippen LogP contribution in [0.25, 0.3) is 0 Å². The van der Waals surface area contributed by atoms with Gasteiger partial charge in [0, 0.05) is 43.0 Å². The summed E-state index contributed by atoms with van der Waals surface area (Å²) in [7, 11) is 0. The molecule has 4 heteroatoms. The van der Waals surface area contributed by atoms with Crippen LogP contribution in [0.2, 0.25) is 0 Å². The summed E-state index contributed by atoms with van der Waals surface area (Å²) in [4.78, 5) is 6.30. The monoisotopic (exact) mass is 238 g/mol. The van der Waals surface area contributed by atoms with Crippen molar-refractivity contribution in [1.82, 2.24) is 10.3 Å². The molecule has 2 fully saturated rings. The Labute approximate surface area is 100 Å². The lowest BCUT2D eigenvalue weighted by Crippen LogP contribution is -2.39. The quantitative estimate of drug-likeness (QED) is 0.856. The van der Waals surface area contributed by atoms with Crippen LogP contribution in [0.4, 0.5) is 0 Å². The van der Waals surface area contributed by atoms with Crippen LogP contribution in [0, 0.1) is 6.92 Å². The molecule has 2 aliphatic rings. The highest BCUT2D eigenvalue weighted by Crippen LogP contribution is 2.34. The van der Waals surface area contributed by atoms with Gasteiger partial charge < -0.3 is 10.1 Å². The average Bonchev–Trinajstić information content (AvgIpc) is 2.59. The number of thiazole rings is 1. The highest BCUT2D eigenvalue weighted by atomic mass is 32.1. The maximum Gasteiger partial charge on any atom is 0.0987 e. The fourth-order valence-electron chi connectivity index (χ4n) is 2.42. The summed E-state index contributed by atoms with van der Waals surface area (Å²) >= 11 is 1.90. The normalized spacial score (nSPS) is 23.3. The number of aryl methyl sites for hydroxylation is 1. The van der Waals surface area contributed by atoms with Gasteiger partial charge in [-0.2, -0.15) is 0 Å². The maximum atomic E-state index is 5.41. The third-order valence-electron chi connectivity index (χ3n) is 3.59. The van der Waals surface area contributed by atoms with Crippen molar-refractivity contribution in [3.63, 3.8) is 0 Å². The lowest BCUT2D eigenvalue weighted by Gasteiger charge is -2.25. The second-order valence-corrected chi connectivity index (χ2v) is 5.97. The first-order chi connectivity index (χ1) is 7.84. The lowest BCUT2D eigenvalue weighted by atomic mass is 9.96. The van der Waals surface area contributed by atoms with Crippen molar-refractivity contribution in [1.29, 1.82) is 0 Å². The molecule has 3 heterocycles. The van der Waals surface area contributed by atoms with Crippen LogP contribution in [0.15, 0.2) is 0 Å². The van der Waals surface area contributed by atoms with E-state index < -0.39 is 0 Å². The number of rotatable bonds is 2. The first-order valence-electron chi connectivity index (χ1n) is 6.10. The molecule has 1 aromatic rings. The van der Waals surface area contributed by atoms with E-state index in [4.69, 9.17) is 9.72 Å². The fourth-order valence-corrected chi connectivity index (χ4v) is 3.52. The number of aromatic nitrogens is 1. The van der Waals surface area contributed by atoms with Crippen molar-refractivity contribution < 1.29 is 4.74 Å². The molecule has 2 aliphatic heterocycles. The average molecular weight is 238 g/mol. The molecule has 3 nitrogen and oxygen atoms in total. The zero-order valence-corrected chi connectivity index (χ0v) is 10.5.